The average Bonchev–Trinajstić information content (AvgIpc) is 2.52. The number of nitrogens with one attached hydrogen (secondary N) is 1. The maximum Gasteiger partial charge on any atom is 0.262 e. The molecule has 9 heteroatoms. The Bertz CT molecular complexity index is 1060. The van der Waals surface area contributed by atoms with Gasteiger partial charge >= 0.3 is 0 Å². The summed E-state index contributed by atoms with van der Waals surface area (Å²) in [6.45, 7) is 3.79. The van der Waals surface area contributed by atoms with Crippen molar-refractivity contribution < 1.29 is 16.8 Å². The lowest BCUT2D eigenvalue weighted by molar-refractivity contribution is 0.574. The van der Waals surface area contributed by atoms with Crippen molar-refractivity contribution in [2.45, 2.75) is 31.6 Å². The quantitative estimate of drug-likeness (QED) is 0.733. The van der Waals surface area contributed by atoms with Gasteiger partial charge in [-0.15, -0.1) is 0 Å². The zero-order valence-corrected chi connectivity index (χ0v) is 18.3. The van der Waals surface area contributed by atoms with Gasteiger partial charge in [-0.1, -0.05) is 22.0 Å². The zero-order chi connectivity index (χ0) is 19.8. The van der Waals surface area contributed by atoms with Crippen molar-refractivity contribution in [3.8, 4) is 0 Å². The van der Waals surface area contributed by atoms with E-state index in [0.717, 1.165) is 10.9 Å². The second-order valence-electron chi connectivity index (χ2n) is 6.62. The third-order valence-electron chi connectivity index (χ3n) is 4.43. The van der Waals surface area contributed by atoms with E-state index in [4.69, 9.17) is 0 Å². The summed E-state index contributed by atoms with van der Waals surface area (Å²) in [7, 11) is -7.16. The van der Waals surface area contributed by atoms with E-state index in [0.29, 0.717) is 35.5 Å². The molecule has 0 spiro atoms. The van der Waals surface area contributed by atoms with Crippen LogP contribution in [-0.4, -0.2) is 29.1 Å². The lowest BCUT2D eigenvalue weighted by Gasteiger charge is -2.29. The lowest BCUT2D eigenvalue weighted by atomic mass is 10.1. The maximum absolute atomic E-state index is 12.9. The number of nitrogens with zero attached hydrogens (tertiary/aromatic N) is 1. The highest BCUT2D eigenvalue weighted by Crippen LogP contribution is 2.31. The van der Waals surface area contributed by atoms with E-state index in [1.807, 2.05) is 6.07 Å². The Morgan fingerprint density at radius 1 is 1.07 bits per heavy atom. The van der Waals surface area contributed by atoms with E-state index in [1.54, 1.807) is 44.2 Å². The van der Waals surface area contributed by atoms with E-state index < -0.39 is 20.0 Å². The van der Waals surface area contributed by atoms with Crippen LogP contribution in [0.1, 0.15) is 24.0 Å². The number of hydrogen-bond acceptors (Lipinski definition) is 4. The molecule has 146 valence electrons. The minimum atomic E-state index is -3.81. The van der Waals surface area contributed by atoms with Gasteiger partial charge in [-0.05, 0) is 68.1 Å². The number of sulfonamides is 2. The highest BCUT2D eigenvalue weighted by atomic mass is 79.9. The molecule has 0 bridgehead atoms. The van der Waals surface area contributed by atoms with Crippen LogP contribution in [0.25, 0.3) is 0 Å². The van der Waals surface area contributed by atoms with E-state index in [1.165, 1.54) is 4.31 Å². The van der Waals surface area contributed by atoms with Gasteiger partial charge in [0.05, 0.1) is 16.3 Å². The Balaban J connectivity index is 2.00. The average molecular weight is 473 g/mol. The normalized spacial score (nSPS) is 16.9. The van der Waals surface area contributed by atoms with Crippen LogP contribution in [0.3, 0.4) is 0 Å². The molecule has 0 saturated carbocycles. The van der Waals surface area contributed by atoms with Gasteiger partial charge in [0.15, 0.2) is 0 Å². The second kappa shape index (κ2) is 7.44. The van der Waals surface area contributed by atoms with Gasteiger partial charge in [0.1, 0.15) is 0 Å². The second-order valence-corrected chi connectivity index (χ2v) is 11.2. The predicted molar refractivity (Wildman–Crippen MR) is 111 cm³/mol. The molecular weight excluding hydrogens is 452 g/mol. The number of aryl methyl sites for hydroxylation is 2. The summed E-state index contributed by atoms with van der Waals surface area (Å²) in [5.41, 5.74) is 1.98. The molecule has 0 amide bonds. The number of benzene rings is 2. The topological polar surface area (TPSA) is 83.6 Å². The minimum Gasteiger partial charge on any atom is -0.280 e. The molecule has 0 aromatic heterocycles. The zero-order valence-electron chi connectivity index (χ0n) is 15.1. The summed E-state index contributed by atoms with van der Waals surface area (Å²) < 4.78 is 55.3. The first-order valence-electron chi connectivity index (χ1n) is 8.50. The first-order valence-corrected chi connectivity index (χ1v) is 12.4. The van der Waals surface area contributed by atoms with Gasteiger partial charge < -0.3 is 0 Å². The third-order valence-corrected chi connectivity index (χ3v) is 8.48. The smallest absolute Gasteiger partial charge is 0.262 e. The van der Waals surface area contributed by atoms with Crippen molar-refractivity contribution >= 4 is 47.4 Å². The first-order chi connectivity index (χ1) is 12.6. The summed E-state index contributed by atoms with van der Waals surface area (Å²) in [6.07, 6.45) is 1.45. The molecule has 0 aliphatic carbocycles. The van der Waals surface area contributed by atoms with Crippen molar-refractivity contribution in [3.05, 3.63) is 52.0 Å². The van der Waals surface area contributed by atoms with Crippen LogP contribution >= 0.6 is 15.9 Å². The van der Waals surface area contributed by atoms with Gasteiger partial charge in [-0.2, -0.15) is 0 Å². The molecule has 3 rings (SSSR count). The van der Waals surface area contributed by atoms with Gasteiger partial charge in [-0.3, -0.25) is 9.03 Å². The van der Waals surface area contributed by atoms with Crippen LogP contribution in [0.15, 0.2) is 45.8 Å². The summed E-state index contributed by atoms with van der Waals surface area (Å²) in [5.74, 6) is 0.121. The predicted octanol–water partition coefficient (Wildman–Crippen LogP) is 3.80. The molecule has 1 aliphatic rings. The minimum absolute atomic E-state index is 0.121. The number of halogens is 1. The van der Waals surface area contributed by atoms with Crippen LogP contribution < -0.4 is 9.03 Å². The van der Waals surface area contributed by atoms with Gasteiger partial charge in [0.2, 0.25) is 10.0 Å². The van der Waals surface area contributed by atoms with Crippen LogP contribution in [0.2, 0.25) is 0 Å². The largest absolute Gasteiger partial charge is 0.280 e. The summed E-state index contributed by atoms with van der Waals surface area (Å²) in [6, 6.07) is 10.2. The molecule has 1 heterocycles. The fraction of sp³-hybridized carbons (Fsp3) is 0.333. The fourth-order valence-electron chi connectivity index (χ4n) is 3.33. The number of rotatable bonds is 4. The van der Waals surface area contributed by atoms with Crippen LogP contribution in [0.4, 0.5) is 11.4 Å². The van der Waals surface area contributed by atoms with Crippen molar-refractivity contribution in [3.63, 3.8) is 0 Å². The monoisotopic (exact) mass is 472 g/mol. The molecule has 2 aromatic carbocycles. The molecule has 0 unspecified atom stereocenters. The van der Waals surface area contributed by atoms with Crippen LogP contribution in [0, 0.1) is 13.8 Å². The molecule has 27 heavy (non-hydrogen) atoms. The Kier molecular flexibility index (Phi) is 5.56. The Labute approximate surface area is 168 Å². The van der Waals surface area contributed by atoms with E-state index in [2.05, 4.69) is 20.7 Å². The molecule has 1 fully saturated rings. The molecule has 1 N–H and O–H groups in total. The summed E-state index contributed by atoms with van der Waals surface area (Å²) in [4.78, 5) is 0.167. The molecule has 0 radical (unpaired) electrons. The summed E-state index contributed by atoms with van der Waals surface area (Å²) >= 11 is 3.32. The van der Waals surface area contributed by atoms with E-state index >= 15 is 0 Å². The van der Waals surface area contributed by atoms with Gasteiger partial charge in [0, 0.05) is 16.7 Å². The number of hydrogen-bond donors (Lipinski definition) is 1. The van der Waals surface area contributed by atoms with Gasteiger partial charge in [0.25, 0.3) is 10.0 Å². The van der Waals surface area contributed by atoms with Crippen LogP contribution in [0.5, 0.6) is 0 Å². The maximum atomic E-state index is 12.9. The highest BCUT2D eigenvalue weighted by Gasteiger charge is 2.28. The molecule has 1 aliphatic heterocycles. The van der Waals surface area contributed by atoms with Crippen molar-refractivity contribution in [1.29, 1.82) is 0 Å². The molecule has 0 atom stereocenters. The fourth-order valence-corrected chi connectivity index (χ4v) is 6.86. The highest BCUT2D eigenvalue weighted by molar-refractivity contribution is 9.10. The Hall–Kier alpha value is -1.58. The lowest BCUT2D eigenvalue weighted by Crippen LogP contribution is -2.38. The molecule has 2 aromatic rings. The SMILES string of the molecule is Cc1cc(N2CCCCS2(=O)=O)cc(C)c1S(=O)(=O)Nc1cccc(Br)c1. The van der Waals surface area contributed by atoms with E-state index in [-0.39, 0.29) is 10.6 Å². The van der Waals surface area contributed by atoms with Crippen molar-refractivity contribution in [2.24, 2.45) is 0 Å². The first kappa shape index (κ1) is 20.2. The number of anilines is 2. The van der Waals surface area contributed by atoms with Crippen molar-refractivity contribution in [1.82, 2.24) is 0 Å². The standard InChI is InChI=1S/C18H21BrN2O4S2/c1-13-10-17(21-8-3-4-9-26(21,22)23)11-14(2)18(13)27(24,25)20-16-7-5-6-15(19)12-16/h5-7,10-12,20H,3-4,8-9H2,1-2H3. The van der Waals surface area contributed by atoms with Crippen LogP contribution in [-0.2, 0) is 20.0 Å². The summed E-state index contributed by atoms with van der Waals surface area (Å²) in [5, 5.41) is 0. The molecule has 1 saturated heterocycles. The molecular formula is C18H21BrN2O4S2. The van der Waals surface area contributed by atoms with Crippen molar-refractivity contribution in [2.75, 3.05) is 21.3 Å². The van der Waals surface area contributed by atoms with Gasteiger partial charge in [-0.25, -0.2) is 16.8 Å². The molecule has 6 nitrogen and oxygen atoms in total. The Morgan fingerprint density at radius 3 is 2.33 bits per heavy atom. The third kappa shape index (κ3) is 4.30. The van der Waals surface area contributed by atoms with E-state index in [9.17, 15) is 16.8 Å². The Morgan fingerprint density at radius 2 is 1.74 bits per heavy atom.